The lowest BCUT2D eigenvalue weighted by Gasteiger charge is -2.18. The molecule has 1 aromatic rings. The van der Waals surface area contributed by atoms with Gasteiger partial charge in [-0.05, 0) is 32.0 Å². The van der Waals surface area contributed by atoms with E-state index >= 15 is 0 Å². The molecule has 0 fully saturated rings. The normalized spacial score (nSPS) is 10.2. The summed E-state index contributed by atoms with van der Waals surface area (Å²) >= 11 is 9.27. The van der Waals surface area contributed by atoms with Gasteiger partial charge in [-0.1, -0.05) is 27.5 Å². The molecule has 6 heteroatoms. The summed E-state index contributed by atoms with van der Waals surface area (Å²) in [6.45, 7) is 5.53. The maximum atomic E-state index is 12.0. The summed E-state index contributed by atoms with van der Waals surface area (Å²) in [5, 5.41) is 3.10. The number of carbonyl (C=O) groups is 2. The van der Waals surface area contributed by atoms with E-state index in [1.54, 1.807) is 23.1 Å². The molecule has 20 heavy (non-hydrogen) atoms. The van der Waals surface area contributed by atoms with Crippen molar-refractivity contribution in [1.82, 2.24) is 10.2 Å². The van der Waals surface area contributed by atoms with Crippen LogP contribution in [0.25, 0.3) is 0 Å². The van der Waals surface area contributed by atoms with Gasteiger partial charge in [0.05, 0.1) is 10.6 Å². The number of nitrogens with one attached hydrogen (secondary N) is 1. The lowest BCUT2D eigenvalue weighted by atomic mass is 10.2. The highest BCUT2D eigenvalue weighted by Gasteiger charge is 2.13. The highest BCUT2D eigenvalue weighted by atomic mass is 79.9. The van der Waals surface area contributed by atoms with Crippen LogP contribution in [0.3, 0.4) is 0 Å². The minimum atomic E-state index is -0.274. The Kier molecular flexibility index (Phi) is 7.02. The van der Waals surface area contributed by atoms with Crippen molar-refractivity contribution in [2.45, 2.75) is 20.3 Å². The van der Waals surface area contributed by atoms with Crippen LogP contribution in [-0.4, -0.2) is 36.3 Å². The third-order valence-corrected chi connectivity index (χ3v) is 3.74. The topological polar surface area (TPSA) is 49.4 Å². The summed E-state index contributed by atoms with van der Waals surface area (Å²) in [6.07, 6.45) is 0.291. The first-order valence-electron chi connectivity index (χ1n) is 6.50. The van der Waals surface area contributed by atoms with Crippen molar-refractivity contribution in [2.75, 3.05) is 19.6 Å². The fourth-order valence-electron chi connectivity index (χ4n) is 1.78. The summed E-state index contributed by atoms with van der Waals surface area (Å²) < 4.78 is 0.784. The molecule has 0 saturated carbocycles. The Morgan fingerprint density at radius 2 is 1.95 bits per heavy atom. The molecule has 110 valence electrons. The molecule has 0 aliphatic rings. The van der Waals surface area contributed by atoms with Crippen LogP contribution in [0.1, 0.15) is 30.6 Å². The summed E-state index contributed by atoms with van der Waals surface area (Å²) in [5.74, 6) is -0.237. The first kappa shape index (κ1) is 17.0. The van der Waals surface area contributed by atoms with Gasteiger partial charge in [-0.2, -0.15) is 0 Å². The quantitative estimate of drug-likeness (QED) is 0.846. The largest absolute Gasteiger partial charge is 0.351 e. The molecule has 0 aromatic heterocycles. The first-order valence-corrected chi connectivity index (χ1v) is 7.67. The molecule has 2 amide bonds. The molecular weight excluding hydrogens is 344 g/mol. The van der Waals surface area contributed by atoms with Gasteiger partial charge in [-0.25, -0.2) is 0 Å². The minimum Gasteiger partial charge on any atom is -0.351 e. The second-order valence-electron chi connectivity index (χ2n) is 4.20. The molecule has 0 aliphatic carbocycles. The average molecular weight is 362 g/mol. The van der Waals surface area contributed by atoms with E-state index in [-0.39, 0.29) is 11.8 Å². The zero-order valence-corrected chi connectivity index (χ0v) is 13.9. The van der Waals surface area contributed by atoms with Gasteiger partial charge in [0.25, 0.3) is 5.91 Å². The van der Waals surface area contributed by atoms with Gasteiger partial charge in [0.1, 0.15) is 0 Å². The van der Waals surface area contributed by atoms with E-state index in [9.17, 15) is 9.59 Å². The lowest BCUT2D eigenvalue weighted by molar-refractivity contribution is -0.130. The van der Waals surface area contributed by atoms with Crippen molar-refractivity contribution >= 4 is 39.3 Å². The average Bonchev–Trinajstić information content (AvgIpc) is 2.42. The van der Waals surface area contributed by atoms with Gasteiger partial charge in [0.15, 0.2) is 0 Å². The number of amides is 2. The van der Waals surface area contributed by atoms with Crippen LogP contribution >= 0.6 is 27.5 Å². The SMILES string of the molecule is CCN(CC)C(=O)CCNC(=O)c1cc(Br)ccc1Cl. The van der Waals surface area contributed by atoms with Crippen LogP contribution in [0.4, 0.5) is 0 Å². The summed E-state index contributed by atoms with van der Waals surface area (Å²) in [7, 11) is 0. The zero-order valence-electron chi connectivity index (χ0n) is 11.6. The Balaban J connectivity index is 2.52. The van der Waals surface area contributed by atoms with Crippen molar-refractivity contribution in [1.29, 1.82) is 0 Å². The van der Waals surface area contributed by atoms with Crippen LogP contribution in [-0.2, 0) is 4.79 Å². The third kappa shape index (κ3) is 4.80. The van der Waals surface area contributed by atoms with Crippen molar-refractivity contribution in [3.8, 4) is 0 Å². The summed E-state index contributed by atoms with van der Waals surface area (Å²) in [6, 6.07) is 5.08. The molecular formula is C14H18BrClN2O2. The molecule has 0 atom stereocenters. The molecule has 0 aliphatic heterocycles. The van der Waals surface area contributed by atoms with Gasteiger partial charge in [-0.15, -0.1) is 0 Å². The van der Waals surface area contributed by atoms with Gasteiger partial charge < -0.3 is 10.2 Å². The molecule has 4 nitrogen and oxygen atoms in total. The zero-order chi connectivity index (χ0) is 15.1. The Morgan fingerprint density at radius 3 is 2.55 bits per heavy atom. The van der Waals surface area contributed by atoms with Crippen molar-refractivity contribution in [2.24, 2.45) is 0 Å². The fourth-order valence-corrected chi connectivity index (χ4v) is 2.35. The molecule has 1 N–H and O–H groups in total. The second-order valence-corrected chi connectivity index (χ2v) is 5.52. The number of hydrogen-bond acceptors (Lipinski definition) is 2. The molecule has 1 rings (SSSR count). The Bertz CT molecular complexity index is 490. The maximum absolute atomic E-state index is 12.0. The second kappa shape index (κ2) is 8.27. The Hall–Kier alpha value is -1.07. The highest BCUT2D eigenvalue weighted by Crippen LogP contribution is 2.20. The number of carbonyl (C=O) groups excluding carboxylic acids is 2. The number of benzene rings is 1. The van der Waals surface area contributed by atoms with Crippen LogP contribution in [0, 0.1) is 0 Å². The molecule has 0 bridgehead atoms. The van der Waals surface area contributed by atoms with Gasteiger partial charge >= 0.3 is 0 Å². The monoisotopic (exact) mass is 360 g/mol. The summed E-state index contributed by atoms with van der Waals surface area (Å²) in [5.41, 5.74) is 0.399. The predicted octanol–water partition coefficient (Wildman–Crippen LogP) is 3.09. The lowest BCUT2D eigenvalue weighted by Crippen LogP contribution is -2.34. The molecule has 0 heterocycles. The van der Waals surface area contributed by atoms with E-state index in [1.165, 1.54) is 0 Å². The van der Waals surface area contributed by atoms with E-state index < -0.39 is 0 Å². The van der Waals surface area contributed by atoms with Gasteiger partial charge in [-0.3, -0.25) is 9.59 Å². The molecule has 0 spiro atoms. The van der Waals surface area contributed by atoms with Gasteiger partial charge in [0.2, 0.25) is 5.91 Å². The Labute approximate surface area is 132 Å². The van der Waals surface area contributed by atoms with E-state index in [4.69, 9.17) is 11.6 Å². The van der Waals surface area contributed by atoms with E-state index in [0.717, 1.165) is 4.47 Å². The van der Waals surface area contributed by atoms with E-state index in [0.29, 0.717) is 36.6 Å². The molecule has 0 radical (unpaired) electrons. The van der Waals surface area contributed by atoms with Crippen molar-refractivity contribution < 1.29 is 9.59 Å². The third-order valence-electron chi connectivity index (χ3n) is 2.91. The number of halogens is 2. The van der Waals surface area contributed by atoms with E-state index in [2.05, 4.69) is 21.2 Å². The van der Waals surface area contributed by atoms with Gasteiger partial charge in [0, 0.05) is 30.5 Å². The minimum absolute atomic E-state index is 0.0376. The smallest absolute Gasteiger partial charge is 0.252 e. The van der Waals surface area contributed by atoms with Crippen LogP contribution in [0.15, 0.2) is 22.7 Å². The van der Waals surface area contributed by atoms with Crippen LogP contribution < -0.4 is 5.32 Å². The number of hydrogen-bond donors (Lipinski definition) is 1. The first-order chi connectivity index (χ1) is 9.49. The summed E-state index contributed by atoms with van der Waals surface area (Å²) in [4.78, 5) is 25.5. The van der Waals surface area contributed by atoms with Crippen LogP contribution in [0.5, 0.6) is 0 Å². The molecule has 0 unspecified atom stereocenters. The fraction of sp³-hybridized carbons (Fsp3) is 0.429. The number of rotatable bonds is 6. The Morgan fingerprint density at radius 1 is 1.30 bits per heavy atom. The van der Waals surface area contributed by atoms with Crippen LogP contribution in [0.2, 0.25) is 5.02 Å². The predicted molar refractivity (Wildman–Crippen MR) is 84.0 cm³/mol. The maximum Gasteiger partial charge on any atom is 0.252 e. The molecule has 1 aromatic carbocycles. The van der Waals surface area contributed by atoms with Crippen molar-refractivity contribution in [3.05, 3.63) is 33.3 Å². The number of nitrogens with zero attached hydrogens (tertiary/aromatic N) is 1. The molecule has 0 saturated heterocycles. The standard InChI is InChI=1S/C14H18BrClN2O2/c1-3-18(4-2)13(19)7-8-17-14(20)11-9-10(15)5-6-12(11)16/h5-6,9H,3-4,7-8H2,1-2H3,(H,17,20). The highest BCUT2D eigenvalue weighted by molar-refractivity contribution is 9.10. The van der Waals surface area contributed by atoms with E-state index in [1.807, 2.05) is 13.8 Å². The van der Waals surface area contributed by atoms with Crippen molar-refractivity contribution in [3.63, 3.8) is 0 Å².